The molecule has 0 aliphatic carbocycles. The van der Waals surface area contributed by atoms with Crippen molar-refractivity contribution in [1.82, 2.24) is 5.06 Å². The van der Waals surface area contributed by atoms with E-state index >= 15 is 0 Å². The summed E-state index contributed by atoms with van der Waals surface area (Å²) in [6.45, 7) is 0.142. The number of fused-ring (bicyclic) bond motifs is 1. The number of rotatable bonds is 3. The predicted molar refractivity (Wildman–Crippen MR) is 71.1 cm³/mol. The minimum atomic E-state index is -0.428. The fourth-order valence-electron chi connectivity index (χ4n) is 1.84. The quantitative estimate of drug-likeness (QED) is 0.817. The summed E-state index contributed by atoms with van der Waals surface area (Å²) in [6, 6.07) is 10.2. The highest BCUT2D eigenvalue weighted by atomic mass is 35.5. The van der Waals surface area contributed by atoms with E-state index in [1.807, 2.05) is 0 Å². The maximum absolute atomic E-state index is 12.0. The maximum Gasteiger partial charge on any atom is 0.285 e. The van der Waals surface area contributed by atoms with Gasteiger partial charge in [0.1, 0.15) is 6.61 Å². The van der Waals surface area contributed by atoms with Gasteiger partial charge in [0.2, 0.25) is 0 Å². The van der Waals surface area contributed by atoms with Crippen molar-refractivity contribution in [2.75, 3.05) is 0 Å². The van der Waals surface area contributed by atoms with Gasteiger partial charge in [-0.25, -0.2) is 0 Å². The summed E-state index contributed by atoms with van der Waals surface area (Å²) in [5.41, 5.74) is 0.744. The highest BCUT2D eigenvalue weighted by Gasteiger charge is 2.36. The molecule has 2 heterocycles. The van der Waals surface area contributed by atoms with E-state index in [0.717, 1.165) is 9.94 Å². The molecule has 4 nitrogen and oxygen atoms in total. The smallest absolute Gasteiger partial charge is 0.266 e. The molecule has 1 aromatic carbocycles. The fraction of sp³-hybridized carbons (Fsp3) is 0.0769. The number of hydrogen-bond donors (Lipinski definition) is 0. The number of imide groups is 1. The lowest BCUT2D eigenvalue weighted by Gasteiger charge is -2.12. The molecule has 0 bridgehead atoms. The topological polar surface area (TPSA) is 46.6 Å². The predicted octanol–water partition coefficient (Wildman–Crippen LogP) is 3.13. The molecule has 1 aliphatic heterocycles. The zero-order chi connectivity index (χ0) is 13.4. The number of amides is 2. The Labute approximate surface area is 118 Å². The van der Waals surface area contributed by atoms with Crippen LogP contribution in [0.4, 0.5) is 0 Å². The van der Waals surface area contributed by atoms with Gasteiger partial charge in [-0.3, -0.25) is 14.4 Å². The Hall–Kier alpha value is -1.69. The van der Waals surface area contributed by atoms with Gasteiger partial charge in [-0.1, -0.05) is 23.7 Å². The van der Waals surface area contributed by atoms with Gasteiger partial charge in [-0.15, -0.1) is 16.4 Å². The SMILES string of the molecule is O=C1c2ccccc2C(=O)N1OCc1ccc(Cl)s1. The van der Waals surface area contributed by atoms with Crippen LogP contribution < -0.4 is 0 Å². The minimum absolute atomic E-state index is 0.142. The van der Waals surface area contributed by atoms with Gasteiger partial charge in [0.25, 0.3) is 11.8 Å². The van der Waals surface area contributed by atoms with Gasteiger partial charge in [0, 0.05) is 4.88 Å². The summed E-state index contributed by atoms with van der Waals surface area (Å²) >= 11 is 7.15. The minimum Gasteiger partial charge on any atom is -0.266 e. The third kappa shape index (κ3) is 2.16. The first-order chi connectivity index (χ1) is 9.16. The third-order valence-electron chi connectivity index (χ3n) is 2.72. The van der Waals surface area contributed by atoms with Crippen LogP contribution in [0.3, 0.4) is 0 Å². The number of halogens is 1. The number of benzene rings is 1. The van der Waals surface area contributed by atoms with Crippen LogP contribution in [-0.2, 0) is 11.4 Å². The Morgan fingerprint density at radius 2 is 1.68 bits per heavy atom. The first-order valence-electron chi connectivity index (χ1n) is 5.52. The van der Waals surface area contributed by atoms with Crippen LogP contribution in [0.5, 0.6) is 0 Å². The van der Waals surface area contributed by atoms with E-state index in [1.165, 1.54) is 11.3 Å². The van der Waals surface area contributed by atoms with E-state index in [4.69, 9.17) is 16.4 Å². The fourth-order valence-corrected chi connectivity index (χ4v) is 2.84. The summed E-state index contributed by atoms with van der Waals surface area (Å²) in [7, 11) is 0. The van der Waals surface area contributed by atoms with Crippen LogP contribution in [0.15, 0.2) is 36.4 Å². The highest BCUT2D eigenvalue weighted by Crippen LogP contribution is 2.25. The second-order valence-electron chi connectivity index (χ2n) is 3.93. The highest BCUT2D eigenvalue weighted by molar-refractivity contribution is 7.16. The van der Waals surface area contributed by atoms with E-state index in [1.54, 1.807) is 36.4 Å². The molecule has 0 unspecified atom stereocenters. The van der Waals surface area contributed by atoms with E-state index in [9.17, 15) is 9.59 Å². The normalized spacial score (nSPS) is 14.1. The molecular weight excluding hydrogens is 286 g/mol. The number of carbonyl (C=O) groups excluding carboxylic acids is 2. The van der Waals surface area contributed by atoms with Crippen molar-refractivity contribution < 1.29 is 14.4 Å². The van der Waals surface area contributed by atoms with Crippen LogP contribution in [0.25, 0.3) is 0 Å². The number of hydroxylamine groups is 2. The lowest BCUT2D eigenvalue weighted by atomic mass is 10.1. The largest absolute Gasteiger partial charge is 0.285 e. The van der Waals surface area contributed by atoms with Crippen molar-refractivity contribution in [2.24, 2.45) is 0 Å². The molecule has 0 atom stereocenters. The standard InChI is InChI=1S/C13H8ClNO3S/c14-11-6-5-8(19-11)7-18-15-12(16)9-3-1-2-4-10(9)13(15)17/h1-6H,7H2. The molecule has 0 spiro atoms. The molecule has 3 rings (SSSR count). The molecule has 6 heteroatoms. The van der Waals surface area contributed by atoms with Crippen molar-refractivity contribution in [3.8, 4) is 0 Å². The van der Waals surface area contributed by atoms with Gasteiger partial charge in [0.15, 0.2) is 0 Å². The van der Waals surface area contributed by atoms with Crippen LogP contribution in [0.2, 0.25) is 4.34 Å². The van der Waals surface area contributed by atoms with Gasteiger partial charge in [-0.2, -0.15) is 0 Å². The first kappa shape index (κ1) is 12.3. The Balaban J connectivity index is 1.77. The molecule has 0 saturated heterocycles. The number of nitrogens with zero attached hydrogens (tertiary/aromatic N) is 1. The van der Waals surface area contributed by atoms with Crippen LogP contribution in [0, 0.1) is 0 Å². The van der Waals surface area contributed by atoms with Crippen molar-refractivity contribution in [3.05, 3.63) is 56.7 Å². The van der Waals surface area contributed by atoms with Crippen molar-refractivity contribution in [3.63, 3.8) is 0 Å². The van der Waals surface area contributed by atoms with Gasteiger partial charge in [-0.05, 0) is 24.3 Å². The van der Waals surface area contributed by atoms with E-state index in [-0.39, 0.29) is 6.61 Å². The van der Waals surface area contributed by atoms with E-state index in [0.29, 0.717) is 15.5 Å². The molecule has 19 heavy (non-hydrogen) atoms. The Morgan fingerprint density at radius 1 is 1.05 bits per heavy atom. The van der Waals surface area contributed by atoms with E-state index < -0.39 is 11.8 Å². The molecule has 1 aliphatic rings. The van der Waals surface area contributed by atoms with E-state index in [2.05, 4.69) is 0 Å². The molecule has 0 radical (unpaired) electrons. The molecule has 0 saturated carbocycles. The zero-order valence-corrected chi connectivity index (χ0v) is 11.2. The zero-order valence-electron chi connectivity index (χ0n) is 9.63. The molecule has 0 fully saturated rings. The van der Waals surface area contributed by atoms with Gasteiger partial charge < -0.3 is 0 Å². The van der Waals surface area contributed by atoms with Crippen molar-refractivity contribution in [2.45, 2.75) is 6.61 Å². The Morgan fingerprint density at radius 3 is 2.21 bits per heavy atom. The monoisotopic (exact) mass is 293 g/mol. The average molecular weight is 294 g/mol. The number of thiophene rings is 1. The Bertz CT molecular complexity index is 632. The summed E-state index contributed by atoms with van der Waals surface area (Å²) in [5, 5.41) is 0.804. The van der Waals surface area contributed by atoms with Gasteiger partial charge in [0.05, 0.1) is 15.5 Å². The number of carbonyl (C=O) groups is 2. The maximum atomic E-state index is 12.0. The Kier molecular flexibility index (Phi) is 3.10. The van der Waals surface area contributed by atoms with Crippen molar-refractivity contribution >= 4 is 34.8 Å². The number of hydrogen-bond acceptors (Lipinski definition) is 4. The van der Waals surface area contributed by atoms with Crippen LogP contribution in [-0.4, -0.2) is 16.9 Å². The lowest BCUT2D eigenvalue weighted by Crippen LogP contribution is -2.29. The molecule has 1 aromatic heterocycles. The molecule has 0 N–H and O–H groups in total. The molecular formula is C13H8ClNO3S. The van der Waals surface area contributed by atoms with Crippen LogP contribution >= 0.6 is 22.9 Å². The molecule has 2 amide bonds. The second-order valence-corrected chi connectivity index (χ2v) is 5.73. The summed E-state index contributed by atoms with van der Waals surface area (Å²) in [6.07, 6.45) is 0. The van der Waals surface area contributed by atoms with Crippen LogP contribution in [0.1, 0.15) is 25.6 Å². The second kappa shape index (κ2) is 4.77. The van der Waals surface area contributed by atoms with Gasteiger partial charge >= 0.3 is 0 Å². The molecule has 96 valence electrons. The summed E-state index contributed by atoms with van der Waals surface area (Å²) in [5.74, 6) is -0.855. The van der Waals surface area contributed by atoms with Crippen molar-refractivity contribution in [1.29, 1.82) is 0 Å². The first-order valence-corrected chi connectivity index (χ1v) is 6.71. The molecule has 2 aromatic rings. The summed E-state index contributed by atoms with van der Waals surface area (Å²) < 4.78 is 0.640. The average Bonchev–Trinajstić information content (AvgIpc) is 2.93. The third-order valence-corrected chi connectivity index (χ3v) is 3.93. The summed E-state index contributed by atoms with van der Waals surface area (Å²) in [4.78, 5) is 30.1. The lowest BCUT2D eigenvalue weighted by molar-refractivity contribution is -0.0998.